The van der Waals surface area contributed by atoms with Crippen LogP contribution in [0.5, 0.6) is 0 Å². The van der Waals surface area contributed by atoms with Crippen molar-refractivity contribution in [3.63, 3.8) is 0 Å². The van der Waals surface area contributed by atoms with Gasteiger partial charge in [-0.25, -0.2) is 9.59 Å². The van der Waals surface area contributed by atoms with Crippen LogP contribution in [0.3, 0.4) is 0 Å². The topological polar surface area (TPSA) is 143 Å². The molecular weight excluding hydrogens is 634 g/mol. The van der Waals surface area contributed by atoms with E-state index in [-0.39, 0.29) is 56.8 Å². The van der Waals surface area contributed by atoms with E-state index < -0.39 is 41.0 Å². The standard InChI is InChI=1S/C40H53N3O7/c1-6-8-20-33(41-38(48)50-24-32-30-18-11-9-16-28(30)29-17-10-12-19-31(29)32)37(47)49-25-34(39(3,4)5)42-36(46)27(15-7-2)23-35(45)43-40(26-44)21-13-14-22-40/h6-7,9-12,16-19,27,32-34,44H,1-2,8,13-15,20-26H2,3-5H3,(H,41,48)(H,42,46)(H,43,45)/t27-,33-,34+/m0/s1. The molecule has 0 saturated heterocycles. The fourth-order valence-electron chi connectivity index (χ4n) is 6.81. The zero-order valence-corrected chi connectivity index (χ0v) is 29.7. The first-order valence-electron chi connectivity index (χ1n) is 17.6. The molecule has 3 amide bonds. The molecule has 10 heteroatoms. The lowest BCUT2D eigenvalue weighted by molar-refractivity contribution is -0.148. The van der Waals surface area contributed by atoms with Gasteiger partial charge in [0, 0.05) is 12.3 Å². The van der Waals surface area contributed by atoms with Crippen molar-refractivity contribution in [2.75, 3.05) is 19.8 Å². The second-order valence-corrected chi connectivity index (χ2v) is 14.6. The van der Waals surface area contributed by atoms with Gasteiger partial charge in [0.05, 0.1) is 24.1 Å². The maximum Gasteiger partial charge on any atom is 0.407 e. The van der Waals surface area contributed by atoms with Crippen LogP contribution in [-0.2, 0) is 23.9 Å². The number of rotatable bonds is 17. The maximum absolute atomic E-state index is 13.5. The summed E-state index contributed by atoms with van der Waals surface area (Å²) in [4.78, 5) is 52.9. The van der Waals surface area contributed by atoms with Crippen LogP contribution in [0.1, 0.15) is 89.2 Å². The van der Waals surface area contributed by atoms with Crippen LogP contribution in [0.15, 0.2) is 73.8 Å². The van der Waals surface area contributed by atoms with Crippen LogP contribution >= 0.6 is 0 Å². The highest BCUT2D eigenvalue weighted by atomic mass is 16.6. The van der Waals surface area contributed by atoms with Gasteiger partial charge in [0.1, 0.15) is 19.3 Å². The second kappa shape index (κ2) is 17.5. The van der Waals surface area contributed by atoms with E-state index in [9.17, 15) is 24.3 Å². The average molecular weight is 688 g/mol. The normalized spacial score (nSPS) is 16.6. The molecule has 1 fully saturated rings. The Balaban J connectivity index is 1.35. The minimum Gasteiger partial charge on any atom is -0.462 e. The van der Waals surface area contributed by atoms with E-state index in [0.717, 1.165) is 35.1 Å². The molecule has 50 heavy (non-hydrogen) atoms. The lowest BCUT2D eigenvalue weighted by atomic mass is 9.86. The highest BCUT2D eigenvalue weighted by Crippen LogP contribution is 2.44. The third kappa shape index (κ3) is 9.84. The quantitative estimate of drug-likeness (QED) is 0.119. The number of ether oxygens (including phenoxy) is 2. The number of carbonyl (C=O) groups excluding carboxylic acids is 4. The molecule has 1 saturated carbocycles. The molecule has 270 valence electrons. The third-order valence-electron chi connectivity index (χ3n) is 9.86. The molecular formula is C40H53N3O7. The number of hydrogen-bond acceptors (Lipinski definition) is 7. The molecule has 0 radical (unpaired) electrons. The first kappa shape index (κ1) is 38.4. The van der Waals surface area contributed by atoms with Crippen molar-refractivity contribution in [1.29, 1.82) is 0 Å². The van der Waals surface area contributed by atoms with Gasteiger partial charge in [0.25, 0.3) is 0 Å². The van der Waals surface area contributed by atoms with Crippen molar-refractivity contribution in [1.82, 2.24) is 16.0 Å². The number of aliphatic hydroxyl groups is 1. The van der Waals surface area contributed by atoms with Crippen LogP contribution in [0.4, 0.5) is 4.79 Å². The summed E-state index contributed by atoms with van der Waals surface area (Å²) in [5.41, 5.74) is 3.24. The summed E-state index contributed by atoms with van der Waals surface area (Å²) in [5, 5.41) is 18.5. The second-order valence-electron chi connectivity index (χ2n) is 14.6. The SMILES string of the molecule is C=CCC[C@H](NC(=O)OCC1c2ccccc2-c2ccccc21)C(=O)OC[C@@H](NC(=O)[C@@H](CC=C)CC(=O)NC1(CO)CCCC1)C(C)(C)C. The molecule has 2 aromatic carbocycles. The zero-order chi connectivity index (χ0) is 36.3. The molecule has 0 aromatic heterocycles. The summed E-state index contributed by atoms with van der Waals surface area (Å²) in [6.45, 7) is 13.1. The Kier molecular flexibility index (Phi) is 13.4. The Labute approximate surface area is 296 Å². The highest BCUT2D eigenvalue weighted by molar-refractivity contribution is 5.86. The van der Waals surface area contributed by atoms with Gasteiger partial charge in [-0.1, -0.05) is 94.3 Å². The third-order valence-corrected chi connectivity index (χ3v) is 9.86. The van der Waals surface area contributed by atoms with Gasteiger partial charge >= 0.3 is 12.1 Å². The number of hydrogen-bond donors (Lipinski definition) is 4. The first-order valence-corrected chi connectivity index (χ1v) is 17.6. The summed E-state index contributed by atoms with van der Waals surface area (Å²) in [6, 6.07) is 14.5. The molecule has 0 heterocycles. The predicted octanol–water partition coefficient (Wildman–Crippen LogP) is 5.94. The summed E-state index contributed by atoms with van der Waals surface area (Å²) in [6.07, 6.45) is 6.70. The number of amides is 3. The Morgan fingerprint density at radius 2 is 1.56 bits per heavy atom. The van der Waals surface area contributed by atoms with Crippen LogP contribution in [-0.4, -0.2) is 66.4 Å². The largest absolute Gasteiger partial charge is 0.462 e. The average Bonchev–Trinajstić information content (AvgIpc) is 3.69. The highest BCUT2D eigenvalue weighted by Gasteiger charge is 2.37. The Bertz CT molecular complexity index is 1480. The monoisotopic (exact) mass is 687 g/mol. The van der Waals surface area contributed by atoms with E-state index in [0.29, 0.717) is 19.3 Å². The summed E-state index contributed by atoms with van der Waals surface area (Å²) in [7, 11) is 0. The molecule has 10 nitrogen and oxygen atoms in total. The molecule has 2 aliphatic rings. The minimum absolute atomic E-state index is 0.0655. The smallest absolute Gasteiger partial charge is 0.407 e. The van der Waals surface area contributed by atoms with Gasteiger partial charge in [-0.2, -0.15) is 0 Å². The van der Waals surface area contributed by atoms with Gasteiger partial charge in [-0.15, -0.1) is 13.2 Å². The summed E-state index contributed by atoms with van der Waals surface area (Å²) < 4.78 is 11.4. The van der Waals surface area contributed by atoms with E-state index in [1.54, 1.807) is 12.2 Å². The molecule has 0 aliphatic heterocycles. The summed E-state index contributed by atoms with van der Waals surface area (Å²) in [5.74, 6) is -2.14. The van der Waals surface area contributed by atoms with E-state index in [1.165, 1.54) is 0 Å². The molecule has 0 bridgehead atoms. The summed E-state index contributed by atoms with van der Waals surface area (Å²) >= 11 is 0. The van der Waals surface area contributed by atoms with Gasteiger partial charge in [0.2, 0.25) is 11.8 Å². The van der Waals surface area contributed by atoms with Crippen molar-refractivity contribution in [3.8, 4) is 11.1 Å². The zero-order valence-electron chi connectivity index (χ0n) is 29.7. The number of alkyl carbamates (subject to hydrolysis) is 1. The van der Waals surface area contributed by atoms with Crippen LogP contribution < -0.4 is 16.0 Å². The van der Waals surface area contributed by atoms with Crippen molar-refractivity contribution in [3.05, 3.63) is 85.0 Å². The number of nitrogens with one attached hydrogen (secondary N) is 3. The van der Waals surface area contributed by atoms with Crippen LogP contribution in [0.25, 0.3) is 11.1 Å². The van der Waals surface area contributed by atoms with Crippen molar-refractivity contribution in [2.45, 2.75) is 95.7 Å². The number of benzene rings is 2. The number of fused-ring (bicyclic) bond motifs is 3. The number of allylic oxidation sites excluding steroid dienone is 2. The molecule has 2 aliphatic carbocycles. The fraction of sp³-hybridized carbons (Fsp3) is 0.500. The van der Waals surface area contributed by atoms with Crippen molar-refractivity contribution < 1.29 is 33.8 Å². The molecule has 4 N–H and O–H groups in total. The van der Waals surface area contributed by atoms with Crippen LogP contribution in [0, 0.1) is 11.3 Å². The van der Waals surface area contributed by atoms with Crippen molar-refractivity contribution in [2.24, 2.45) is 11.3 Å². The lowest BCUT2D eigenvalue weighted by Gasteiger charge is -2.33. The van der Waals surface area contributed by atoms with Gasteiger partial charge in [-0.05, 0) is 59.8 Å². The number of esters is 1. The molecule has 0 unspecified atom stereocenters. The molecule has 2 aromatic rings. The number of aliphatic hydroxyl groups excluding tert-OH is 1. The van der Waals surface area contributed by atoms with Gasteiger partial charge in [-0.3, -0.25) is 9.59 Å². The van der Waals surface area contributed by atoms with Crippen LogP contribution in [0.2, 0.25) is 0 Å². The number of carbonyl (C=O) groups is 4. The predicted molar refractivity (Wildman–Crippen MR) is 193 cm³/mol. The van der Waals surface area contributed by atoms with E-state index in [4.69, 9.17) is 9.47 Å². The van der Waals surface area contributed by atoms with E-state index >= 15 is 0 Å². The Morgan fingerprint density at radius 3 is 2.12 bits per heavy atom. The van der Waals surface area contributed by atoms with E-state index in [2.05, 4.69) is 41.2 Å². The first-order chi connectivity index (χ1) is 23.9. The molecule has 3 atom stereocenters. The molecule has 4 rings (SSSR count). The lowest BCUT2D eigenvalue weighted by Crippen LogP contribution is -2.52. The Hall–Kier alpha value is -4.44. The maximum atomic E-state index is 13.5. The minimum atomic E-state index is -0.994. The van der Waals surface area contributed by atoms with E-state index in [1.807, 2.05) is 57.2 Å². The van der Waals surface area contributed by atoms with Gasteiger partial charge < -0.3 is 30.5 Å². The van der Waals surface area contributed by atoms with Crippen molar-refractivity contribution >= 4 is 23.9 Å². The Morgan fingerprint density at radius 1 is 0.940 bits per heavy atom. The fourth-order valence-corrected chi connectivity index (χ4v) is 6.81. The molecule has 0 spiro atoms. The van der Waals surface area contributed by atoms with Gasteiger partial charge in [0.15, 0.2) is 0 Å².